The topological polar surface area (TPSA) is 134 Å². The largest absolute Gasteiger partial charge is 0.595 e. The first-order valence-corrected chi connectivity index (χ1v) is 6.48. The molecular weight excluding hydrogens is 306 g/mol. The van der Waals surface area contributed by atoms with Gasteiger partial charge in [-0.2, -0.15) is 10.5 Å². The molecule has 2 rings (SSSR count). The van der Waals surface area contributed by atoms with Gasteiger partial charge in [0, 0.05) is 17.8 Å². The third-order valence-corrected chi connectivity index (χ3v) is 3.04. The maximum absolute atomic E-state index is 12.2. The lowest BCUT2D eigenvalue weighted by molar-refractivity contribution is -0.996. The lowest BCUT2D eigenvalue weighted by Crippen LogP contribution is -3.00. The highest BCUT2D eigenvalue weighted by Crippen LogP contribution is 2.18. The Kier molecular flexibility index (Phi) is 5.24. The van der Waals surface area contributed by atoms with Gasteiger partial charge in [0.25, 0.3) is 5.91 Å². The number of quaternary nitrogens is 2. The summed E-state index contributed by atoms with van der Waals surface area (Å²) < 4.78 is 5.00. The molecule has 2 aromatic carbocycles. The highest BCUT2D eigenvalue weighted by Gasteiger charge is 2.15. The number of hydrogen-bond donors (Lipinski definition) is 5. The molecule has 0 spiro atoms. The van der Waals surface area contributed by atoms with E-state index >= 15 is 0 Å². The zero-order chi connectivity index (χ0) is 17.0. The highest BCUT2D eigenvalue weighted by atomic mass is 16.8. The van der Waals surface area contributed by atoms with Gasteiger partial charge < -0.3 is 20.5 Å². The van der Waals surface area contributed by atoms with Gasteiger partial charge in [-0.1, -0.05) is 0 Å². The molecule has 2 atom stereocenters. The Balaban J connectivity index is 2.26. The molecule has 0 aromatic heterocycles. The summed E-state index contributed by atoms with van der Waals surface area (Å²) in [6.45, 7) is 0. The van der Waals surface area contributed by atoms with Gasteiger partial charge in [-0.3, -0.25) is 4.79 Å². The first-order chi connectivity index (χ1) is 10.9. The summed E-state index contributed by atoms with van der Waals surface area (Å²) in [5.41, 5.74) is -0.138. The number of benzene rings is 2. The maximum atomic E-state index is 12.2. The number of carbonyl (C=O) groups is 1. The van der Waals surface area contributed by atoms with Crippen LogP contribution in [0, 0.1) is 10.4 Å². The van der Waals surface area contributed by atoms with Crippen molar-refractivity contribution in [3.63, 3.8) is 0 Å². The molecule has 0 aliphatic heterocycles. The summed E-state index contributed by atoms with van der Waals surface area (Å²) in [7, 11) is 1.51. The second-order valence-electron chi connectivity index (χ2n) is 4.59. The van der Waals surface area contributed by atoms with Crippen molar-refractivity contribution in [2.24, 2.45) is 0 Å². The Hall–Kier alpha value is -2.53. The molecule has 9 heteroatoms. The molecule has 0 aliphatic carbocycles. The van der Waals surface area contributed by atoms with Crippen LogP contribution in [0.15, 0.2) is 42.5 Å². The first kappa shape index (κ1) is 16.8. The number of methoxy groups -OCH3 is 1. The molecule has 0 heterocycles. The van der Waals surface area contributed by atoms with Crippen molar-refractivity contribution >= 4 is 23.0 Å². The number of carbonyl (C=O) groups excluding carboxylic acids is 1. The van der Waals surface area contributed by atoms with E-state index in [-0.39, 0.29) is 16.9 Å². The van der Waals surface area contributed by atoms with Crippen LogP contribution in [0.1, 0.15) is 10.4 Å². The molecule has 2 unspecified atom stereocenters. The number of rotatable bonds is 5. The monoisotopic (exact) mass is 321 g/mol. The Labute approximate surface area is 131 Å². The molecule has 0 bridgehead atoms. The van der Waals surface area contributed by atoms with Crippen LogP contribution in [-0.4, -0.2) is 23.4 Å². The standard InChI is InChI=1S/C14H15N3O6/c1-23-13-4-2-10(3-5-13)15-14(18)9-6-11(16(19)20)8-12(7-9)17(21)22/h2-8,16-17,19,21H,1H3,(H,15,18). The van der Waals surface area contributed by atoms with Crippen molar-refractivity contribution in [2.75, 3.05) is 12.4 Å². The van der Waals surface area contributed by atoms with Crippen LogP contribution in [0.2, 0.25) is 0 Å². The van der Waals surface area contributed by atoms with Crippen molar-refractivity contribution < 1.29 is 30.4 Å². The van der Waals surface area contributed by atoms with Crippen molar-refractivity contribution in [2.45, 2.75) is 0 Å². The summed E-state index contributed by atoms with van der Waals surface area (Å²) in [5.74, 6) is 0.00445. The molecule has 1 amide bonds. The number of hydrogen-bond acceptors (Lipinski definition) is 6. The van der Waals surface area contributed by atoms with Gasteiger partial charge in [0.1, 0.15) is 5.75 Å². The predicted molar refractivity (Wildman–Crippen MR) is 78.9 cm³/mol. The van der Waals surface area contributed by atoms with E-state index in [1.165, 1.54) is 7.11 Å². The lowest BCUT2D eigenvalue weighted by Gasteiger charge is -2.17. The second-order valence-corrected chi connectivity index (χ2v) is 4.59. The van der Waals surface area contributed by atoms with Gasteiger partial charge in [0.15, 0.2) is 11.4 Å². The van der Waals surface area contributed by atoms with Crippen molar-refractivity contribution in [3.8, 4) is 5.75 Å². The van der Waals surface area contributed by atoms with Crippen LogP contribution in [0.3, 0.4) is 0 Å². The number of anilines is 1. The molecule has 0 saturated heterocycles. The normalized spacial score (nSPS) is 13.3. The summed E-state index contributed by atoms with van der Waals surface area (Å²) in [6, 6.07) is 9.74. The van der Waals surface area contributed by atoms with Crippen LogP contribution < -0.4 is 20.5 Å². The third kappa shape index (κ3) is 4.23. The van der Waals surface area contributed by atoms with Gasteiger partial charge in [-0.25, -0.2) is 10.4 Å². The Bertz CT molecular complexity index is 661. The minimum atomic E-state index is -1.31. The molecule has 0 radical (unpaired) electrons. The van der Waals surface area contributed by atoms with E-state index in [0.29, 0.717) is 11.4 Å². The Morgan fingerprint density at radius 2 is 1.57 bits per heavy atom. The molecule has 0 aliphatic rings. The molecule has 2 aromatic rings. The number of amides is 1. The maximum Gasteiger partial charge on any atom is 0.256 e. The van der Waals surface area contributed by atoms with E-state index in [0.717, 1.165) is 18.2 Å². The van der Waals surface area contributed by atoms with E-state index in [2.05, 4.69) is 5.32 Å². The minimum Gasteiger partial charge on any atom is -0.595 e. The van der Waals surface area contributed by atoms with E-state index in [1.54, 1.807) is 24.3 Å². The van der Waals surface area contributed by atoms with Crippen LogP contribution in [0.5, 0.6) is 5.75 Å². The SMILES string of the molecule is COc1ccc(NC(=O)c2cc([NH+]([O-])O)cc([NH+]([O-])O)c2)cc1. The summed E-state index contributed by atoms with van der Waals surface area (Å²) in [5, 5.41) is 40.0. The van der Waals surface area contributed by atoms with E-state index in [9.17, 15) is 15.2 Å². The van der Waals surface area contributed by atoms with Crippen molar-refractivity contribution in [3.05, 3.63) is 58.4 Å². The fourth-order valence-corrected chi connectivity index (χ4v) is 1.88. The number of nitrogens with one attached hydrogen (secondary N) is 3. The molecule has 5 N–H and O–H groups in total. The zero-order valence-electron chi connectivity index (χ0n) is 12.1. The Morgan fingerprint density at radius 3 is 2.00 bits per heavy atom. The van der Waals surface area contributed by atoms with Gasteiger partial charge in [0.2, 0.25) is 0 Å². The van der Waals surface area contributed by atoms with Gasteiger partial charge >= 0.3 is 0 Å². The molecular formula is C14H15N3O6. The predicted octanol–water partition coefficient (Wildman–Crippen LogP) is -0.246. The average Bonchev–Trinajstić information content (AvgIpc) is 2.55. The molecule has 122 valence electrons. The second kappa shape index (κ2) is 7.15. The van der Waals surface area contributed by atoms with Crippen molar-refractivity contribution in [1.82, 2.24) is 0 Å². The quantitative estimate of drug-likeness (QED) is 0.482. The van der Waals surface area contributed by atoms with E-state index in [4.69, 9.17) is 15.2 Å². The zero-order valence-corrected chi connectivity index (χ0v) is 12.1. The lowest BCUT2D eigenvalue weighted by atomic mass is 10.1. The van der Waals surface area contributed by atoms with Gasteiger partial charge in [-0.15, -0.1) is 0 Å². The van der Waals surface area contributed by atoms with E-state index in [1.807, 2.05) is 0 Å². The Morgan fingerprint density at radius 1 is 1.04 bits per heavy atom. The fraction of sp³-hybridized carbons (Fsp3) is 0.0714. The summed E-state index contributed by atoms with van der Waals surface area (Å²) in [4.78, 5) is 12.2. The number of ether oxygens (including phenoxy) is 1. The fourth-order valence-electron chi connectivity index (χ4n) is 1.88. The first-order valence-electron chi connectivity index (χ1n) is 6.48. The molecule has 23 heavy (non-hydrogen) atoms. The summed E-state index contributed by atoms with van der Waals surface area (Å²) in [6.07, 6.45) is 0. The molecule has 0 fully saturated rings. The van der Waals surface area contributed by atoms with Crippen LogP contribution in [0.4, 0.5) is 17.1 Å². The van der Waals surface area contributed by atoms with Gasteiger partial charge in [0.05, 0.1) is 18.7 Å². The van der Waals surface area contributed by atoms with Crippen LogP contribution in [0.25, 0.3) is 0 Å². The minimum absolute atomic E-state index is 0.0573. The van der Waals surface area contributed by atoms with Crippen molar-refractivity contribution in [1.29, 1.82) is 0 Å². The van der Waals surface area contributed by atoms with Crippen LogP contribution >= 0.6 is 0 Å². The third-order valence-electron chi connectivity index (χ3n) is 3.04. The molecule has 9 nitrogen and oxygen atoms in total. The molecule has 0 saturated carbocycles. The highest BCUT2D eigenvalue weighted by molar-refractivity contribution is 6.05. The summed E-state index contributed by atoms with van der Waals surface area (Å²) >= 11 is 0. The van der Waals surface area contributed by atoms with Gasteiger partial charge in [-0.05, 0) is 24.3 Å². The van der Waals surface area contributed by atoms with Crippen LogP contribution in [-0.2, 0) is 0 Å². The average molecular weight is 321 g/mol. The smallest absolute Gasteiger partial charge is 0.256 e. The van der Waals surface area contributed by atoms with E-state index < -0.39 is 16.4 Å².